The molecular weight excluding hydrogens is 1670 g/mol. The number of anilines is 6. The van der Waals surface area contributed by atoms with Crippen molar-refractivity contribution in [3.63, 3.8) is 0 Å². The number of nitrogens with zero attached hydrogens (tertiary/aromatic N) is 4. The molecule has 0 saturated carbocycles. The highest BCUT2D eigenvalue weighted by Crippen LogP contribution is 2.59. The fraction of sp³-hybridized carbons (Fsp3) is 0.0952. The minimum Gasteiger partial charge on any atom is -0.310 e. The zero-order valence-corrected chi connectivity index (χ0v) is 77.2. The molecular formula is C126H93B3N4S2. The Morgan fingerprint density at radius 2 is 0.533 bits per heavy atom. The van der Waals surface area contributed by atoms with Crippen LogP contribution in [-0.4, -0.2) is 29.3 Å². The standard InChI is InChI=1S/C126H93B3N4S2/c1-124(2,3)88-68-93(80-46-26-14-27-47-80)118(94(69-88)81-48-28-15-29-49-81)132-105-72-90(126(7,8)9)73-106-113(105)129(116-109(132)74-107-114-122(116)134-111-56-36-34-54-99(111)127(114)101-64-86(78-42-22-12-23-43-78)62-97-91-60-58-84(76-38-18-10-19-39-76)66-103(91)130(107)120(97)101)117-110(133(106)119-95(82-50-30-16-31-51-82)70-89(125(4,5)6)71-96(119)83-52-32-17-33-53-83)75-108-115-123(117)135-112-57-37-35-55-100(112)128(115)102-65-87(79-44-24-13-25-45-79)63-98-92-61-59-85(77-40-20-11-21-41-77)67-104(92)131(108)121(98)102/h10-75H,1-9H3/i34D,35D,36D,37D,54D,55D,56D,57D,58D,59D,60D,61D,62D,63D,64D,65D,66D,67D. The van der Waals surface area contributed by atoms with Crippen molar-refractivity contribution in [1.82, 2.24) is 9.13 Å². The lowest BCUT2D eigenvalue weighted by Gasteiger charge is -2.49. The van der Waals surface area contributed by atoms with Gasteiger partial charge in [-0.15, -0.1) is 0 Å². The molecule has 9 heteroatoms. The quantitative estimate of drug-likeness (QED) is 0.127. The van der Waals surface area contributed by atoms with Gasteiger partial charge >= 0.3 is 0 Å². The maximum Gasteiger partial charge on any atom is 0.255 e. The summed E-state index contributed by atoms with van der Waals surface area (Å²) in [5.41, 5.74) is 18.9. The summed E-state index contributed by atoms with van der Waals surface area (Å²) >= 11 is 2.39. The highest BCUT2D eigenvalue weighted by molar-refractivity contribution is 8.00. The van der Waals surface area contributed by atoms with Crippen molar-refractivity contribution >= 4 is 171 Å². The Morgan fingerprint density at radius 3 is 0.859 bits per heavy atom. The number of aromatic nitrogens is 2. The highest BCUT2D eigenvalue weighted by Gasteiger charge is 2.54. The maximum atomic E-state index is 11.6. The van der Waals surface area contributed by atoms with Crippen molar-refractivity contribution in [1.29, 1.82) is 0 Å². The molecule has 19 aromatic carbocycles. The minimum atomic E-state index is -1.38. The van der Waals surface area contributed by atoms with E-state index in [0.29, 0.717) is 105 Å². The van der Waals surface area contributed by atoms with E-state index in [1.54, 1.807) is 0 Å². The third kappa shape index (κ3) is 12.2. The summed E-state index contributed by atoms with van der Waals surface area (Å²) in [5.74, 6) is 0. The Bertz CT molecular complexity index is 9100. The fourth-order valence-corrected chi connectivity index (χ4v) is 24.5. The average molecular weight is 1780 g/mol. The lowest BCUT2D eigenvalue weighted by Crippen LogP contribution is -2.68. The van der Waals surface area contributed by atoms with E-state index >= 15 is 0 Å². The van der Waals surface area contributed by atoms with Gasteiger partial charge in [-0.05, 0) is 223 Å². The van der Waals surface area contributed by atoms with E-state index in [0.717, 1.165) is 61.2 Å². The van der Waals surface area contributed by atoms with Gasteiger partial charge in [0.2, 0.25) is 13.4 Å². The van der Waals surface area contributed by atoms with Crippen LogP contribution in [0, 0.1) is 0 Å². The molecule has 8 heterocycles. The molecule has 0 saturated heterocycles. The summed E-state index contributed by atoms with van der Waals surface area (Å²) < 4.78 is 199. The van der Waals surface area contributed by atoms with Crippen molar-refractivity contribution in [3.05, 3.63) is 417 Å². The van der Waals surface area contributed by atoms with E-state index in [1.165, 1.54) is 23.5 Å². The predicted octanol–water partition coefficient (Wildman–Crippen LogP) is 27.8. The number of benzene rings is 19. The molecule has 4 nitrogen and oxygen atoms in total. The van der Waals surface area contributed by atoms with Crippen molar-refractivity contribution in [2.45, 2.75) is 98.1 Å². The van der Waals surface area contributed by atoms with E-state index in [1.807, 2.05) is 203 Å². The molecule has 2 aromatic heterocycles. The van der Waals surface area contributed by atoms with Crippen LogP contribution in [0.5, 0.6) is 0 Å². The van der Waals surface area contributed by atoms with Crippen LogP contribution in [-0.2, 0) is 16.2 Å². The normalized spacial score (nSPS) is 15.4. The van der Waals surface area contributed by atoms with E-state index < -0.39 is 60.6 Å². The first kappa shape index (κ1) is 63.4. The fourth-order valence-electron chi connectivity index (χ4n) is 22.0. The lowest BCUT2D eigenvalue weighted by molar-refractivity contribution is 0.590. The van der Waals surface area contributed by atoms with Gasteiger partial charge in [0.15, 0.2) is 0 Å². The summed E-state index contributed by atoms with van der Waals surface area (Å²) in [6, 6.07) is 90.7. The number of fused-ring (bicyclic) bond motifs is 20. The summed E-state index contributed by atoms with van der Waals surface area (Å²) in [7, 11) is 0. The molecule has 0 fully saturated rings. The first-order valence-corrected chi connectivity index (χ1v) is 47.9. The second-order valence-electron chi connectivity index (χ2n) is 39.4. The van der Waals surface area contributed by atoms with E-state index in [9.17, 15) is 24.7 Å². The molecule has 0 N–H and O–H groups in total. The molecule has 0 bridgehead atoms. The molecule has 638 valence electrons. The largest absolute Gasteiger partial charge is 0.310 e. The summed E-state index contributed by atoms with van der Waals surface area (Å²) in [6.45, 7) is 16.0. The van der Waals surface area contributed by atoms with Crippen molar-refractivity contribution in [3.8, 4) is 100 Å². The molecule has 0 aliphatic carbocycles. The number of rotatable bonds is 10. The van der Waals surface area contributed by atoms with Crippen LogP contribution >= 0.6 is 23.5 Å². The van der Waals surface area contributed by atoms with Crippen molar-refractivity contribution < 1.29 is 24.7 Å². The first-order chi connectivity index (χ1) is 73.5. The highest BCUT2D eigenvalue weighted by atomic mass is 32.2. The molecule has 0 amide bonds. The van der Waals surface area contributed by atoms with Gasteiger partial charge in [0.25, 0.3) is 6.71 Å². The third-order valence-corrected chi connectivity index (χ3v) is 30.8. The molecule has 0 atom stereocenters. The van der Waals surface area contributed by atoms with Crippen LogP contribution < -0.4 is 59.0 Å². The zero-order valence-electron chi connectivity index (χ0n) is 93.6. The number of hydrogen-bond acceptors (Lipinski definition) is 4. The Kier molecular flexibility index (Phi) is 14.0. The van der Waals surface area contributed by atoms with Gasteiger partial charge in [-0.3, -0.25) is 0 Å². The smallest absolute Gasteiger partial charge is 0.255 e. The maximum absolute atomic E-state index is 11.6. The van der Waals surface area contributed by atoms with Crippen molar-refractivity contribution in [2.75, 3.05) is 9.80 Å². The Balaban J connectivity index is 0.941. The Labute approximate surface area is 824 Å². The summed E-state index contributed by atoms with van der Waals surface area (Å²) in [5, 5.41) is 0.507. The molecule has 6 aliphatic rings. The Morgan fingerprint density at radius 1 is 0.244 bits per heavy atom. The minimum absolute atomic E-state index is 0.0939. The van der Waals surface area contributed by atoms with Gasteiger partial charge in [-0.2, -0.15) is 0 Å². The molecule has 0 unspecified atom stereocenters. The second-order valence-corrected chi connectivity index (χ2v) is 41.4. The lowest BCUT2D eigenvalue weighted by atomic mass is 9.29. The van der Waals surface area contributed by atoms with Crippen LogP contribution in [0.2, 0.25) is 0 Å². The van der Waals surface area contributed by atoms with Crippen LogP contribution in [0.25, 0.3) is 144 Å². The summed E-state index contributed by atoms with van der Waals surface area (Å²) in [6.07, 6.45) is 0. The van der Waals surface area contributed by atoms with Crippen LogP contribution in [0.3, 0.4) is 0 Å². The van der Waals surface area contributed by atoms with Gasteiger partial charge < -0.3 is 18.9 Å². The number of hydrogen-bond donors (Lipinski definition) is 0. The molecule has 135 heavy (non-hydrogen) atoms. The van der Waals surface area contributed by atoms with E-state index in [-0.39, 0.29) is 182 Å². The summed E-state index contributed by atoms with van der Waals surface area (Å²) in [4.78, 5) is 6.05. The van der Waals surface area contributed by atoms with E-state index in [2.05, 4.69) is 169 Å². The second kappa shape index (κ2) is 29.9. The monoisotopic (exact) mass is 1780 g/mol. The predicted molar refractivity (Wildman–Crippen MR) is 579 cm³/mol. The van der Waals surface area contributed by atoms with Crippen LogP contribution in [0.15, 0.2) is 420 Å². The van der Waals surface area contributed by atoms with Gasteiger partial charge in [0, 0.05) is 109 Å². The third-order valence-electron chi connectivity index (χ3n) is 28.4. The Hall–Kier alpha value is -14.7. The average Bonchev–Trinajstić information content (AvgIpc) is 1.52. The molecule has 0 radical (unpaired) electrons. The first-order valence-electron chi connectivity index (χ1n) is 55.3. The SMILES string of the molecule is [2H]c1c([2H])c([2H])c2c(c1[2H])Sc1c3c(cc4c1B2c1c([2H])c(-c2ccccc2)c([2H])c2c5c([2H])c([2H])c(-c6ccccc6)c([2H])c5n-4c12)N(c1c(-c2ccccc2)cc(C(C)(C)C)cc1-c1ccccc1)c1cc(C(C)(C)C)cc2c1B3c1c(cc3c4c1Sc1c([2H])c([2H])c([2H])c([2H])c1B4c1c([2H])c(-c4ccccc4)c([2H])c4c5c([2H])c([2H])c(-c6ccccc6)c([2H])c5n-3c14)N2c1c(-c2ccccc2)cc(C(C)(C)C)cc1-c1ccccc1. The van der Waals surface area contributed by atoms with E-state index in [4.69, 9.17) is 0 Å². The van der Waals surface area contributed by atoms with Crippen LogP contribution in [0.4, 0.5) is 34.1 Å². The van der Waals surface area contributed by atoms with Crippen molar-refractivity contribution in [2.24, 2.45) is 0 Å². The molecule has 21 aromatic rings. The van der Waals surface area contributed by atoms with Gasteiger partial charge in [0.05, 0.1) is 47.1 Å². The molecule has 27 rings (SSSR count). The molecule has 6 aliphatic heterocycles. The topological polar surface area (TPSA) is 16.3 Å². The van der Waals surface area contributed by atoms with Gasteiger partial charge in [-0.1, -0.05) is 412 Å². The van der Waals surface area contributed by atoms with Crippen LogP contribution in [0.1, 0.15) is 104 Å². The van der Waals surface area contributed by atoms with Gasteiger partial charge in [-0.25, -0.2) is 0 Å². The molecule has 0 spiro atoms. The zero-order chi connectivity index (χ0) is 106. The van der Waals surface area contributed by atoms with Gasteiger partial charge in [0.1, 0.15) is 0 Å².